The minimum Gasteiger partial charge on any atom is -0.345 e. The summed E-state index contributed by atoms with van der Waals surface area (Å²) >= 11 is 0. The van der Waals surface area contributed by atoms with Crippen LogP contribution >= 0.6 is 0 Å². The number of hydrogen-bond acceptors (Lipinski definition) is 4. The Morgan fingerprint density at radius 1 is 1.10 bits per heavy atom. The van der Waals surface area contributed by atoms with E-state index in [1.807, 2.05) is 0 Å². The Morgan fingerprint density at radius 3 is 2.45 bits per heavy atom. The first-order valence-electron chi connectivity index (χ1n) is 8.63. The number of benzene rings is 1. The average Bonchev–Trinajstić information content (AvgIpc) is 3.00. The Bertz CT molecular complexity index is 1060. The molecule has 0 saturated heterocycles. The number of carbonyl (C=O) groups is 2. The van der Waals surface area contributed by atoms with Gasteiger partial charge in [-0.05, 0) is 49.7 Å². The van der Waals surface area contributed by atoms with E-state index in [1.165, 1.54) is 30.7 Å². The van der Waals surface area contributed by atoms with Gasteiger partial charge in [-0.3, -0.25) is 14.6 Å². The third-order valence-corrected chi connectivity index (χ3v) is 4.35. The molecule has 0 fully saturated rings. The van der Waals surface area contributed by atoms with Gasteiger partial charge in [0.1, 0.15) is 0 Å². The summed E-state index contributed by atoms with van der Waals surface area (Å²) in [5, 5.41) is 6.69. The molecule has 0 aliphatic carbocycles. The van der Waals surface area contributed by atoms with Crippen molar-refractivity contribution in [1.82, 2.24) is 20.1 Å². The lowest BCUT2D eigenvalue weighted by molar-refractivity contribution is -0.137. The molecule has 1 amide bonds. The molecule has 3 aromatic rings. The normalized spacial score (nSPS) is 11.3. The van der Waals surface area contributed by atoms with Gasteiger partial charge in [-0.25, -0.2) is 4.68 Å². The van der Waals surface area contributed by atoms with E-state index in [-0.39, 0.29) is 29.2 Å². The molecule has 150 valence electrons. The van der Waals surface area contributed by atoms with Crippen molar-refractivity contribution in [2.24, 2.45) is 0 Å². The summed E-state index contributed by atoms with van der Waals surface area (Å²) in [6.45, 7) is 3.21. The number of alkyl halides is 3. The number of halogens is 3. The number of rotatable bonds is 5. The van der Waals surface area contributed by atoms with Gasteiger partial charge in [-0.1, -0.05) is 6.07 Å². The van der Waals surface area contributed by atoms with Crippen molar-refractivity contribution in [3.63, 3.8) is 0 Å². The molecule has 6 nitrogen and oxygen atoms in total. The van der Waals surface area contributed by atoms with Gasteiger partial charge in [0, 0.05) is 18.9 Å². The van der Waals surface area contributed by atoms with E-state index < -0.39 is 23.4 Å². The summed E-state index contributed by atoms with van der Waals surface area (Å²) in [5.41, 5.74) is 0.695. The van der Waals surface area contributed by atoms with Crippen molar-refractivity contribution in [3.8, 4) is 5.69 Å². The van der Waals surface area contributed by atoms with E-state index in [2.05, 4.69) is 15.4 Å². The van der Waals surface area contributed by atoms with Crippen LogP contribution in [0.15, 0.2) is 48.8 Å². The van der Waals surface area contributed by atoms with Crippen LogP contribution < -0.4 is 5.32 Å². The number of pyridine rings is 1. The van der Waals surface area contributed by atoms with Crippen LogP contribution in [0.1, 0.15) is 32.9 Å². The fourth-order valence-electron chi connectivity index (χ4n) is 2.91. The van der Waals surface area contributed by atoms with Crippen LogP contribution in [0.25, 0.3) is 5.69 Å². The van der Waals surface area contributed by atoms with Crippen LogP contribution in [-0.2, 0) is 17.5 Å². The molecule has 3 rings (SSSR count). The molecule has 0 saturated carbocycles. The first-order chi connectivity index (χ1) is 13.7. The lowest BCUT2D eigenvalue weighted by Gasteiger charge is -2.10. The van der Waals surface area contributed by atoms with Gasteiger partial charge >= 0.3 is 6.18 Å². The van der Waals surface area contributed by atoms with Crippen molar-refractivity contribution in [1.29, 1.82) is 0 Å². The van der Waals surface area contributed by atoms with Crippen LogP contribution in [0, 0.1) is 13.8 Å². The van der Waals surface area contributed by atoms with Crippen molar-refractivity contribution in [2.75, 3.05) is 0 Å². The maximum absolute atomic E-state index is 13.0. The summed E-state index contributed by atoms with van der Waals surface area (Å²) in [6.07, 6.45) is -1.37. The van der Waals surface area contributed by atoms with Crippen molar-refractivity contribution in [3.05, 3.63) is 76.9 Å². The van der Waals surface area contributed by atoms with Gasteiger partial charge in [-0.2, -0.15) is 18.3 Å². The average molecular weight is 402 g/mol. The molecule has 2 heterocycles. The van der Waals surface area contributed by atoms with E-state index in [0.29, 0.717) is 0 Å². The van der Waals surface area contributed by atoms with Crippen LogP contribution in [0.5, 0.6) is 0 Å². The van der Waals surface area contributed by atoms with Gasteiger partial charge in [0.2, 0.25) is 0 Å². The zero-order valence-corrected chi connectivity index (χ0v) is 15.6. The largest absolute Gasteiger partial charge is 0.416 e. The van der Waals surface area contributed by atoms with Gasteiger partial charge in [0.25, 0.3) is 11.7 Å². The van der Waals surface area contributed by atoms with Crippen LogP contribution in [0.4, 0.5) is 13.2 Å². The SMILES string of the molecule is Cc1nn(-c2cccc(C(F)(F)F)c2)c(C)c1C(=O)C(=O)NCc1ccncc1. The van der Waals surface area contributed by atoms with E-state index in [9.17, 15) is 22.8 Å². The quantitative estimate of drug-likeness (QED) is 0.524. The fraction of sp³-hybridized carbons (Fsp3) is 0.200. The number of hydrogen-bond donors (Lipinski definition) is 1. The number of aryl methyl sites for hydroxylation is 1. The van der Waals surface area contributed by atoms with Crippen molar-refractivity contribution < 1.29 is 22.8 Å². The molecule has 0 spiro atoms. The van der Waals surface area contributed by atoms with Gasteiger partial charge in [0.15, 0.2) is 0 Å². The number of Topliss-reactive ketones (excluding diaryl/α,β-unsaturated/α-hetero) is 1. The second-order valence-electron chi connectivity index (χ2n) is 6.37. The Hall–Kier alpha value is -3.49. The summed E-state index contributed by atoms with van der Waals surface area (Å²) in [5.74, 6) is -1.62. The molecule has 1 aromatic carbocycles. The van der Waals surface area contributed by atoms with E-state index in [0.717, 1.165) is 17.7 Å². The third-order valence-electron chi connectivity index (χ3n) is 4.35. The Labute approximate surface area is 164 Å². The van der Waals surface area contributed by atoms with E-state index >= 15 is 0 Å². The second-order valence-corrected chi connectivity index (χ2v) is 6.37. The number of nitrogens with zero attached hydrogens (tertiary/aromatic N) is 3. The van der Waals surface area contributed by atoms with E-state index in [4.69, 9.17) is 0 Å². The zero-order valence-electron chi connectivity index (χ0n) is 15.6. The minimum atomic E-state index is -4.50. The zero-order chi connectivity index (χ0) is 21.2. The maximum Gasteiger partial charge on any atom is 0.416 e. The molecule has 1 N–H and O–H groups in total. The highest BCUT2D eigenvalue weighted by Gasteiger charge is 2.31. The molecule has 2 aromatic heterocycles. The topological polar surface area (TPSA) is 76.9 Å². The predicted molar refractivity (Wildman–Crippen MR) is 98.5 cm³/mol. The lowest BCUT2D eigenvalue weighted by Crippen LogP contribution is -2.31. The molecule has 0 unspecified atom stereocenters. The first-order valence-corrected chi connectivity index (χ1v) is 8.63. The van der Waals surface area contributed by atoms with Crippen LogP contribution in [-0.4, -0.2) is 26.5 Å². The van der Waals surface area contributed by atoms with Crippen molar-refractivity contribution >= 4 is 11.7 Å². The van der Waals surface area contributed by atoms with Gasteiger partial charge in [-0.15, -0.1) is 0 Å². The summed E-state index contributed by atoms with van der Waals surface area (Å²) in [4.78, 5) is 28.8. The second kappa shape index (κ2) is 7.86. The highest BCUT2D eigenvalue weighted by atomic mass is 19.4. The molecule has 0 aliphatic rings. The third kappa shape index (κ3) is 4.34. The Balaban J connectivity index is 1.86. The molecule has 0 bridgehead atoms. The molecule has 29 heavy (non-hydrogen) atoms. The number of aromatic nitrogens is 3. The van der Waals surface area contributed by atoms with Gasteiger partial charge in [0.05, 0.1) is 28.2 Å². The smallest absolute Gasteiger partial charge is 0.345 e. The van der Waals surface area contributed by atoms with Crippen LogP contribution in [0.3, 0.4) is 0 Å². The Kier molecular flexibility index (Phi) is 5.49. The van der Waals surface area contributed by atoms with Crippen LogP contribution in [0.2, 0.25) is 0 Å². The molecular weight excluding hydrogens is 385 g/mol. The molecule has 0 atom stereocenters. The molecule has 0 radical (unpaired) electrons. The number of amides is 1. The fourth-order valence-corrected chi connectivity index (χ4v) is 2.91. The number of ketones is 1. The van der Waals surface area contributed by atoms with E-state index in [1.54, 1.807) is 24.5 Å². The summed E-state index contributed by atoms with van der Waals surface area (Å²) in [6, 6.07) is 8.01. The highest BCUT2D eigenvalue weighted by molar-refractivity contribution is 6.43. The summed E-state index contributed by atoms with van der Waals surface area (Å²) < 4.78 is 40.2. The number of nitrogens with one attached hydrogen (secondary N) is 1. The first kappa shape index (κ1) is 20.2. The molecular formula is C20H17F3N4O2. The number of carbonyl (C=O) groups excluding carboxylic acids is 2. The van der Waals surface area contributed by atoms with Gasteiger partial charge < -0.3 is 5.32 Å². The monoisotopic (exact) mass is 402 g/mol. The maximum atomic E-state index is 13.0. The van der Waals surface area contributed by atoms with Crippen molar-refractivity contribution in [2.45, 2.75) is 26.6 Å². The highest BCUT2D eigenvalue weighted by Crippen LogP contribution is 2.30. The summed E-state index contributed by atoms with van der Waals surface area (Å²) in [7, 11) is 0. The Morgan fingerprint density at radius 2 is 1.79 bits per heavy atom. The molecule has 0 aliphatic heterocycles. The minimum absolute atomic E-state index is 0.0645. The standard InChI is InChI=1S/C20H17F3N4O2/c1-12-17(18(28)19(29)25-11-14-6-8-24-9-7-14)13(2)27(26-12)16-5-3-4-15(10-16)20(21,22)23/h3-10H,11H2,1-2H3,(H,25,29). The molecule has 9 heteroatoms. The lowest BCUT2D eigenvalue weighted by atomic mass is 10.1. The predicted octanol–water partition coefficient (Wildman–Crippen LogP) is 3.40.